The number of carbonyl (C=O) groups is 1. The van der Waals surface area contributed by atoms with E-state index in [1.807, 2.05) is 23.8 Å². The van der Waals surface area contributed by atoms with Gasteiger partial charge in [-0.3, -0.25) is 9.69 Å². The van der Waals surface area contributed by atoms with E-state index in [1.165, 1.54) is 0 Å². The third-order valence-corrected chi connectivity index (χ3v) is 4.08. The maximum absolute atomic E-state index is 12.7. The van der Waals surface area contributed by atoms with Crippen LogP contribution in [0.3, 0.4) is 0 Å². The number of likely N-dealkylation sites (tertiary alicyclic amines) is 1. The van der Waals surface area contributed by atoms with Crippen LogP contribution in [0.5, 0.6) is 0 Å². The van der Waals surface area contributed by atoms with Gasteiger partial charge < -0.3 is 15.0 Å². The van der Waals surface area contributed by atoms with Gasteiger partial charge in [-0.25, -0.2) is 4.98 Å². The van der Waals surface area contributed by atoms with Crippen LogP contribution in [0.4, 0.5) is 0 Å². The van der Waals surface area contributed by atoms with Gasteiger partial charge in [0.15, 0.2) is 5.60 Å². The van der Waals surface area contributed by atoms with Gasteiger partial charge >= 0.3 is 0 Å². The molecule has 1 fully saturated rings. The van der Waals surface area contributed by atoms with Crippen molar-refractivity contribution in [3.63, 3.8) is 0 Å². The lowest BCUT2D eigenvalue weighted by atomic mass is 9.88. The minimum absolute atomic E-state index is 0.0332. The van der Waals surface area contributed by atoms with Gasteiger partial charge in [0, 0.05) is 31.5 Å². The van der Waals surface area contributed by atoms with Crippen LogP contribution < -0.4 is 0 Å². The molecule has 0 saturated carbocycles. The van der Waals surface area contributed by atoms with Crippen molar-refractivity contribution in [2.75, 3.05) is 26.7 Å². The molecule has 2 N–H and O–H groups in total. The smallest absolute Gasteiger partial charge is 0.255 e. The van der Waals surface area contributed by atoms with E-state index in [0.717, 1.165) is 24.5 Å². The maximum Gasteiger partial charge on any atom is 0.255 e. The van der Waals surface area contributed by atoms with Gasteiger partial charge in [-0.2, -0.15) is 0 Å². The van der Waals surface area contributed by atoms with Crippen molar-refractivity contribution in [1.82, 2.24) is 19.8 Å². The monoisotopic (exact) mass is 322 g/mol. The van der Waals surface area contributed by atoms with E-state index in [-0.39, 0.29) is 11.3 Å². The second-order valence-corrected chi connectivity index (χ2v) is 8.11. The number of likely N-dealkylation sites (N-methyl/N-ethyl adjacent to an activating group) is 1. The molecule has 23 heavy (non-hydrogen) atoms. The Hall–Kier alpha value is -1.40. The Kier molecular flexibility index (Phi) is 5.16. The van der Waals surface area contributed by atoms with Gasteiger partial charge in [0.2, 0.25) is 0 Å². The summed E-state index contributed by atoms with van der Waals surface area (Å²) in [5.41, 5.74) is -0.247. The summed E-state index contributed by atoms with van der Waals surface area (Å²) in [6, 6.07) is 0. The van der Waals surface area contributed by atoms with Crippen LogP contribution in [0.25, 0.3) is 0 Å². The first-order chi connectivity index (χ1) is 10.6. The molecule has 0 aliphatic carbocycles. The molecule has 0 spiro atoms. The van der Waals surface area contributed by atoms with Crippen molar-refractivity contribution in [1.29, 1.82) is 0 Å². The van der Waals surface area contributed by atoms with Crippen LogP contribution in [-0.2, 0) is 11.3 Å². The van der Waals surface area contributed by atoms with E-state index in [9.17, 15) is 9.90 Å². The highest BCUT2D eigenvalue weighted by atomic mass is 16.3. The van der Waals surface area contributed by atoms with Gasteiger partial charge in [-0.1, -0.05) is 20.8 Å². The number of rotatable bonds is 5. The Bertz CT molecular complexity index is 549. The summed E-state index contributed by atoms with van der Waals surface area (Å²) in [7, 11) is 1.91. The molecule has 1 aromatic heterocycles. The number of piperidine rings is 1. The minimum atomic E-state index is -1.29. The van der Waals surface area contributed by atoms with E-state index >= 15 is 0 Å². The highest BCUT2D eigenvalue weighted by molar-refractivity contribution is 5.86. The van der Waals surface area contributed by atoms with Crippen LogP contribution in [-0.4, -0.2) is 63.1 Å². The fraction of sp³-hybridized carbons (Fsp3) is 0.765. The van der Waals surface area contributed by atoms with E-state index in [0.29, 0.717) is 26.1 Å². The SMILES string of the molecule is Cc1cnc(CN(C)C[C@@]2(O)CCCN(CC(C)(C)C)C2=O)[nH]1. The molecule has 0 radical (unpaired) electrons. The number of aromatic nitrogens is 2. The number of aromatic amines is 1. The summed E-state index contributed by atoms with van der Waals surface area (Å²) < 4.78 is 0. The molecule has 130 valence electrons. The Morgan fingerprint density at radius 3 is 2.74 bits per heavy atom. The first-order valence-electron chi connectivity index (χ1n) is 8.30. The molecular weight excluding hydrogens is 292 g/mol. The van der Waals surface area contributed by atoms with Crippen LogP contribution in [0.1, 0.15) is 45.1 Å². The fourth-order valence-corrected chi connectivity index (χ4v) is 3.24. The molecule has 2 heterocycles. The summed E-state index contributed by atoms with van der Waals surface area (Å²) in [6.07, 6.45) is 3.15. The summed E-state index contributed by atoms with van der Waals surface area (Å²) in [4.78, 5) is 24.0. The summed E-state index contributed by atoms with van der Waals surface area (Å²) in [6.45, 7) is 10.6. The number of hydrogen-bond acceptors (Lipinski definition) is 4. The molecule has 6 nitrogen and oxygen atoms in total. The average molecular weight is 322 g/mol. The van der Waals surface area contributed by atoms with Crippen molar-refractivity contribution in [3.8, 4) is 0 Å². The van der Waals surface area contributed by atoms with Crippen LogP contribution in [0.2, 0.25) is 0 Å². The number of nitrogens with one attached hydrogen (secondary N) is 1. The molecule has 0 unspecified atom stereocenters. The number of imidazole rings is 1. The lowest BCUT2D eigenvalue weighted by Gasteiger charge is -2.42. The highest BCUT2D eigenvalue weighted by Gasteiger charge is 2.43. The number of hydrogen-bond donors (Lipinski definition) is 2. The van der Waals surface area contributed by atoms with E-state index < -0.39 is 5.60 Å². The Morgan fingerprint density at radius 2 is 2.17 bits per heavy atom. The summed E-state index contributed by atoms with van der Waals surface area (Å²) in [5, 5.41) is 10.9. The van der Waals surface area contributed by atoms with Crippen LogP contribution >= 0.6 is 0 Å². The topological polar surface area (TPSA) is 72.5 Å². The van der Waals surface area contributed by atoms with Crippen molar-refractivity contribution in [3.05, 3.63) is 17.7 Å². The standard InChI is InChI=1S/C17H30N4O2/c1-13-9-18-14(19-13)10-20(5)12-17(23)7-6-8-21(15(17)22)11-16(2,3)4/h9,23H,6-8,10-12H2,1-5H3,(H,18,19)/t17-/m0/s1. The first kappa shape index (κ1) is 17.9. The fourth-order valence-electron chi connectivity index (χ4n) is 3.24. The third-order valence-electron chi connectivity index (χ3n) is 4.08. The molecular formula is C17H30N4O2. The number of H-pyrrole nitrogens is 1. The van der Waals surface area contributed by atoms with E-state index in [4.69, 9.17) is 0 Å². The number of carbonyl (C=O) groups excluding carboxylic acids is 1. The van der Waals surface area contributed by atoms with Gasteiger partial charge in [-0.05, 0) is 32.2 Å². The zero-order valence-corrected chi connectivity index (χ0v) is 15.0. The second-order valence-electron chi connectivity index (χ2n) is 8.11. The summed E-state index contributed by atoms with van der Waals surface area (Å²) >= 11 is 0. The van der Waals surface area contributed by atoms with E-state index in [2.05, 4.69) is 30.7 Å². The van der Waals surface area contributed by atoms with Crippen LogP contribution in [0, 0.1) is 12.3 Å². The second kappa shape index (κ2) is 6.61. The van der Waals surface area contributed by atoms with Crippen molar-refractivity contribution in [2.24, 2.45) is 5.41 Å². The molecule has 1 aliphatic heterocycles. The highest BCUT2D eigenvalue weighted by Crippen LogP contribution is 2.27. The van der Waals surface area contributed by atoms with E-state index in [1.54, 1.807) is 6.20 Å². The predicted molar refractivity (Wildman–Crippen MR) is 89.9 cm³/mol. The van der Waals surface area contributed by atoms with Gasteiger partial charge in [-0.15, -0.1) is 0 Å². The zero-order valence-electron chi connectivity index (χ0n) is 15.0. The quantitative estimate of drug-likeness (QED) is 0.863. The zero-order chi connectivity index (χ0) is 17.3. The van der Waals surface area contributed by atoms with Gasteiger partial charge in [0.05, 0.1) is 6.54 Å². The van der Waals surface area contributed by atoms with Gasteiger partial charge in [0.25, 0.3) is 5.91 Å². The van der Waals surface area contributed by atoms with Gasteiger partial charge in [0.1, 0.15) is 5.82 Å². The number of nitrogens with zero attached hydrogens (tertiary/aromatic N) is 3. The average Bonchev–Trinajstić information content (AvgIpc) is 2.79. The van der Waals surface area contributed by atoms with Crippen molar-refractivity contribution >= 4 is 5.91 Å². The Labute approximate surface area is 138 Å². The maximum atomic E-state index is 12.7. The molecule has 1 atom stereocenters. The molecule has 6 heteroatoms. The molecule has 1 amide bonds. The van der Waals surface area contributed by atoms with Crippen LogP contribution in [0.15, 0.2) is 6.20 Å². The molecule has 2 rings (SSSR count). The number of aryl methyl sites for hydroxylation is 1. The predicted octanol–water partition coefficient (Wildman–Crippen LogP) is 1.55. The normalized spacial score (nSPS) is 22.9. The first-order valence-corrected chi connectivity index (χ1v) is 8.30. The Balaban J connectivity index is 2.00. The molecule has 1 saturated heterocycles. The number of aliphatic hydroxyl groups is 1. The van der Waals surface area contributed by atoms with Crippen molar-refractivity contribution in [2.45, 2.75) is 52.7 Å². The third kappa shape index (κ3) is 4.78. The molecule has 0 aromatic carbocycles. The minimum Gasteiger partial charge on any atom is -0.379 e. The molecule has 0 bridgehead atoms. The molecule has 1 aliphatic rings. The summed E-state index contributed by atoms with van der Waals surface area (Å²) in [5.74, 6) is 0.713. The van der Waals surface area contributed by atoms with Crippen molar-refractivity contribution < 1.29 is 9.90 Å². The molecule has 1 aromatic rings. The lowest BCUT2D eigenvalue weighted by molar-refractivity contribution is -0.160. The lowest BCUT2D eigenvalue weighted by Crippen LogP contribution is -2.59. The largest absolute Gasteiger partial charge is 0.379 e. The Morgan fingerprint density at radius 1 is 1.48 bits per heavy atom. The number of amides is 1.